The largest absolute Gasteiger partial charge is 0.416 e. The van der Waals surface area contributed by atoms with Gasteiger partial charge in [-0.3, -0.25) is 14.5 Å². The van der Waals surface area contributed by atoms with Crippen LogP contribution in [-0.2, 0) is 15.8 Å². The molecule has 1 aliphatic heterocycles. The lowest BCUT2D eigenvalue weighted by molar-refractivity contribution is -0.137. The van der Waals surface area contributed by atoms with Gasteiger partial charge in [0.25, 0.3) is 5.91 Å². The van der Waals surface area contributed by atoms with Crippen molar-refractivity contribution in [2.24, 2.45) is 0 Å². The molecule has 156 valence electrons. The summed E-state index contributed by atoms with van der Waals surface area (Å²) in [4.78, 5) is 32.0. The minimum Gasteiger partial charge on any atom is -0.323 e. The number of nitrogens with zero attached hydrogens (tertiary/aromatic N) is 3. The first-order chi connectivity index (χ1) is 14.2. The van der Waals surface area contributed by atoms with Crippen LogP contribution in [0.25, 0.3) is 10.2 Å². The molecule has 3 aromatic rings. The molecular weight excluding hydrogens is 459 g/mol. The summed E-state index contributed by atoms with van der Waals surface area (Å²) in [6.45, 7) is -0.283. The van der Waals surface area contributed by atoms with Crippen molar-refractivity contribution in [2.45, 2.75) is 6.18 Å². The molecule has 1 fully saturated rings. The van der Waals surface area contributed by atoms with Crippen molar-refractivity contribution in [3.63, 3.8) is 0 Å². The Morgan fingerprint density at radius 1 is 1.23 bits per heavy atom. The van der Waals surface area contributed by atoms with Crippen LogP contribution in [0.3, 0.4) is 0 Å². The average Bonchev–Trinajstić information content (AvgIpc) is 3.28. The van der Waals surface area contributed by atoms with Crippen molar-refractivity contribution in [2.75, 3.05) is 23.1 Å². The lowest BCUT2D eigenvalue weighted by Crippen LogP contribution is -2.39. The average molecular weight is 472 g/mol. The smallest absolute Gasteiger partial charge is 0.323 e. The van der Waals surface area contributed by atoms with E-state index in [9.17, 15) is 22.8 Å². The normalized spacial score (nSPS) is 14.5. The molecule has 0 unspecified atom stereocenters. The van der Waals surface area contributed by atoms with Gasteiger partial charge in [-0.15, -0.1) is 11.8 Å². The van der Waals surface area contributed by atoms with Gasteiger partial charge in [0, 0.05) is 0 Å². The molecule has 4 rings (SSSR count). The third-order valence-electron chi connectivity index (χ3n) is 4.39. The topological polar surface area (TPSA) is 53.5 Å². The summed E-state index contributed by atoms with van der Waals surface area (Å²) < 4.78 is 40.7. The van der Waals surface area contributed by atoms with E-state index in [4.69, 9.17) is 11.6 Å². The highest BCUT2D eigenvalue weighted by Crippen LogP contribution is 2.40. The molecule has 0 atom stereocenters. The maximum Gasteiger partial charge on any atom is 0.416 e. The van der Waals surface area contributed by atoms with Crippen LogP contribution in [0.2, 0.25) is 5.02 Å². The van der Waals surface area contributed by atoms with Crippen LogP contribution in [0, 0.1) is 0 Å². The predicted octanol–water partition coefficient (Wildman–Crippen LogP) is 5.17. The summed E-state index contributed by atoms with van der Waals surface area (Å²) in [5.74, 6) is -0.188. The highest BCUT2D eigenvalue weighted by atomic mass is 35.5. The number of hydrogen-bond acceptors (Lipinski definition) is 5. The fraction of sp³-hybridized carbons (Fsp3) is 0.211. The van der Waals surface area contributed by atoms with E-state index in [1.165, 1.54) is 16.7 Å². The van der Waals surface area contributed by atoms with E-state index in [1.54, 1.807) is 24.3 Å². The Balaban J connectivity index is 1.81. The zero-order valence-electron chi connectivity index (χ0n) is 15.1. The molecule has 0 radical (unpaired) electrons. The number of rotatable bonds is 4. The Bertz CT molecular complexity index is 1100. The van der Waals surface area contributed by atoms with Gasteiger partial charge in [0.05, 0.1) is 38.1 Å². The van der Waals surface area contributed by atoms with E-state index < -0.39 is 17.6 Å². The highest BCUT2D eigenvalue weighted by molar-refractivity contribution is 8.00. The number of thiazole rings is 1. The fourth-order valence-corrected chi connectivity index (χ4v) is 5.04. The summed E-state index contributed by atoms with van der Waals surface area (Å²) in [5.41, 5.74) is -0.463. The van der Waals surface area contributed by atoms with E-state index in [1.807, 2.05) is 0 Å². The second kappa shape index (κ2) is 8.09. The van der Waals surface area contributed by atoms with Crippen molar-refractivity contribution in [1.29, 1.82) is 0 Å². The maximum atomic E-state index is 13.3. The van der Waals surface area contributed by atoms with Gasteiger partial charge in [0.2, 0.25) is 5.91 Å². The molecule has 2 amide bonds. The second-order valence-corrected chi connectivity index (χ2v) is 8.80. The van der Waals surface area contributed by atoms with Crippen molar-refractivity contribution in [3.05, 3.63) is 53.1 Å². The van der Waals surface area contributed by atoms with Crippen molar-refractivity contribution < 1.29 is 22.8 Å². The van der Waals surface area contributed by atoms with Gasteiger partial charge in [0.1, 0.15) is 6.54 Å². The first kappa shape index (κ1) is 21.0. The van der Waals surface area contributed by atoms with Crippen LogP contribution in [0.4, 0.5) is 24.0 Å². The van der Waals surface area contributed by atoms with Gasteiger partial charge in [-0.2, -0.15) is 13.2 Å². The summed E-state index contributed by atoms with van der Waals surface area (Å²) in [6, 6.07) is 9.90. The van der Waals surface area contributed by atoms with Crippen LogP contribution in [0.5, 0.6) is 0 Å². The first-order valence-corrected chi connectivity index (χ1v) is 11.0. The van der Waals surface area contributed by atoms with Gasteiger partial charge in [-0.1, -0.05) is 35.1 Å². The monoisotopic (exact) mass is 471 g/mol. The minimum absolute atomic E-state index is 0.0299. The van der Waals surface area contributed by atoms with Gasteiger partial charge < -0.3 is 4.90 Å². The molecule has 30 heavy (non-hydrogen) atoms. The SMILES string of the molecule is O=C1CSCN1CC(=O)N(c1nc2ccccc2s1)c1cc(C(F)(F)F)ccc1Cl. The Kier molecular flexibility index (Phi) is 5.65. The van der Waals surface area contributed by atoms with Crippen molar-refractivity contribution >= 4 is 67.5 Å². The number of hydrogen-bond donors (Lipinski definition) is 0. The van der Waals surface area contributed by atoms with Gasteiger partial charge >= 0.3 is 6.18 Å². The third kappa shape index (κ3) is 4.12. The quantitative estimate of drug-likeness (QED) is 0.527. The molecule has 1 aliphatic rings. The van der Waals surface area contributed by atoms with E-state index in [2.05, 4.69) is 4.98 Å². The zero-order valence-corrected chi connectivity index (χ0v) is 17.5. The van der Waals surface area contributed by atoms with Crippen LogP contribution in [0.15, 0.2) is 42.5 Å². The molecule has 1 aromatic heterocycles. The highest BCUT2D eigenvalue weighted by Gasteiger charge is 2.34. The third-order valence-corrected chi connectivity index (χ3v) is 6.68. The van der Waals surface area contributed by atoms with Gasteiger partial charge in [-0.05, 0) is 30.3 Å². The Morgan fingerprint density at radius 2 is 2.00 bits per heavy atom. The van der Waals surface area contributed by atoms with Crippen LogP contribution < -0.4 is 4.90 Å². The Hall–Kier alpha value is -2.30. The summed E-state index contributed by atoms with van der Waals surface area (Å²) in [7, 11) is 0. The van der Waals surface area contributed by atoms with E-state index in [0.717, 1.165) is 39.1 Å². The Labute approximate surface area is 182 Å². The summed E-state index contributed by atoms with van der Waals surface area (Å²) in [5, 5.41) is 0.152. The molecule has 5 nitrogen and oxygen atoms in total. The number of para-hydroxylation sites is 1. The number of thioether (sulfide) groups is 1. The van der Waals surface area contributed by atoms with E-state index >= 15 is 0 Å². The zero-order chi connectivity index (χ0) is 21.5. The second-order valence-electron chi connectivity index (χ2n) is 6.43. The molecule has 11 heteroatoms. The first-order valence-electron chi connectivity index (χ1n) is 8.65. The predicted molar refractivity (Wildman–Crippen MR) is 112 cm³/mol. The Morgan fingerprint density at radius 3 is 2.67 bits per heavy atom. The molecule has 0 N–H and O–H groups in total. The molecule has 2 aromatic carbocycles. The number of aromatic nitrogens is 1. The number of fused-ring (bicyclic) bond motifs is 1. The number of anilines is 2. The number of halogens is 4. The molecule has 0 spiro atoms. The number of carbonyl (C=O) groups excluding carboxylic acids is 2. The molecule has 1 saturated heterocycles. The molecule has 2 heterocycles. The maximum absolute atomic E-state index is 13.3. The molecule has 0 aliphatic carbocycles. The lowest BCUT2D eigenvalue weighted by atomic mass is 10.1. The van der Waals surface area contributed by atoms with Crippen LogP contribution >= 0.6 is 34.7 Å². The van der Waals surface area contributed by atoms with E-state index in [-0.39, 0.29) is 34.0 Å². The fourth-order valence-electron chi connectivity index (χ4n) is 2.93. The number of alkyl halides is 3. The number of amides is 2. The summed E-state index contributed by atoms with van der Waals surface area (Å²) in [6.07, 6.45) is -4.61. The standard InChI is InChI=1S/C19H13ClF3N3O2S2/c20-12-6-5-11(19(21,22)23)7-14(12)26(16(27)8-25-10-29-9-17(25)28)18-24-13-3-1-2-4-15(13)30-18/h1-7H,8-10H2. The number of benzene rings is 2. The molecule has 0 bridgehead atoms. The minimum atomic E-state index is -4.61. The van der Waals surface area contributed by atoms with Crippen molar-refractivity contribution in [1.82, 2.24) is 9.88 Å². The van der Waals surface area contributed by atoms with Crippen molar-refractivity contribution in [3.8, 4) is 0 Å². The van der Waals surface area contributed by atoms with Crippen LogP contribution in [0.1, 0.15) is 5.56 Å². The van der Waals surface area contributed by atoms with Crippen LogP contribution in [-0.4, -0.2) is 39.9 Å². The van der Waals surface area contributed by atoms with Gasteiger partial charge in [0.15, 0.2) is 5.13 Å². The van der Waals surface area contributed by atoms with E-state index in [0.29, 0.717) is 11.4 Å². The van der Waals surface area contributed by atoms with Gasteiger partial charge in [-0.25, -0.2) is 4.98 Å². The molecular formula is C19H13ClF3N3O2S2. The number of carbonyl (C=O) groups is 2. The lowest BCUT2D eigenvalue weighted by Gasteiger charge is -2.24. The molecule has 0 saturated carbocycles. The summed E-state index contributed by atoms with van der Waals surface area (Å²) >= 11 is 8.73.